The monoisotopic (exact) mass is 301 g/mol. The minimum Gasteiger partial charge on any atom is -0.345 e. The largest absolute Gasteiger partial charge is 0.345 e. The molecule has 3 amide bonds. The molecule has 6 nitrogen and oxygen atoms in total. The van der Waals surface area contributed by atoms with Gasteiger partial charge in [-0.05, 0) is 18.9 Å². The first-order valence-electron chi connectivity index (χ1n) is 7.56. The van der Waals surface area contributed by atoms with Crippen molar-refractivity contribution < 1.29 is 14.4 Å². The molecule has 1 fully saturated rings. The van der Waals surface area contributed by atoms with E-state index in [1.165, 1.54) is 4.90 Å². The molecule has 0 bridgehead atoms. The van der Waals surface area contributed by atoms with Gasteiger partial charge in [0.25, 0.3) is 5.91 Å². The number of rotatable bonds is 2. The maximum atomic E-state index is 12.2. The van der Waals surface area contributed by atoms with Crippen molar-refractivity contribution in [2.45, 2.75) is 37.8 Å². The molecular formula is C16H19N3O3. The van der Waals surface area contributed by atoms with E-state index < -0.39 is 17.9 Å². The van der Waals surface area contributed by atoms with Crippen LogP contribution >= 0.6 is 0 Å². The van der Waals surface area contributed by atoms with E-state index in [9.17, 15) is 14.4 Å². The lowest BCUT2D eigenvalue weighted by Crippen LogP contribution is -2.46. The zero-order valence-electron chi connectivity index (χ0n) is 12.5. The van der Waals surface area contributed by atoms with Crippen molar-refractivity contribution in [1.82, 2.24) is 10.6 Å². The topological polar surface area (TPSA) is 78.5 Å². The third-order valence-electron chi connectivity index (χ3n) is 4.36. The molecule has 22 heavy (non-hydrogen) atoms. The van der Waals surface area contributed by atoms with Crippen LogP contribution in [-0.4, -0.2) is 30.8 Å². The number of para-hydroxylation sites is 1. The predicted octanol–water partition coefficient (Wildman–Crippen LogP) is 0.879. The molecule has 0 saturated heterocycles. The number of likely N-dealkylation sites (N-methyl/N-ethyl adjacent to an activating group) is 1. The zero-order chi connectivity index (χ0) is 15.7. The normalized spacial score (nSPS) is 20.9. The zero-order valence-corrected chi connectivity index (χ0v) is 12.5. The fraction of sp³-hybridized carbons (Fsp3) is 0.438. The number of amides is 3. The first kappa shape index (κ1) is 14.6. The molecule has 2 N–H and O–H groups in total. The van der Waals surface area contributed by atoms with E-state index in [2.05, 4.69) is 10.6 Å². The Balaban J connectivity index is 1.68. The smallest absolute Gasteiger partial charge is 0.310 e. The molecule has 1 heterocycles. The molecular weight excluding hydrogens is 282 g/mol. The standard InChI is InChI=1S/C16H19N3O3/c1-19-12-9-5-4-8-11(12)13(16(19)22)18-15(21)14(20)17-10-6-2-3-7-10/h4-5,8-10,13H,2-3,6-7H2,1H3,(H,17,20)(H,18,21). The van der Waals surface area contributed by atoms with Gasteiger partial charge >= 0.3 is 11.8 Å². The number of hydrogen-bond donors (Lipinski definition) is 2. The molecule has 0 aromatic heterocycles. The Morgan fingerprint density at radius 2 is 1.73 bits per heavy atom. The summed E-state index contributed by atoms with van der Waals surface area (Å²) in [5.41, 5.74) is 1.48. The summed E-state index contributed by atoms with van der Waals surface area (Å²) in [6.45, 7) is 0. The Kier molecular flexibility index (Phi) is 3.83. The summed E-state index contributed by atoms with van der Waals surface area (Å²) in [6.07, 6.45) is 3.97. The highest BCUT2D eigenvalue weighted by atomic mass is 16.2. The molecule has 1 aromatic carbocycles. The Morgan fingerprint density at radius 1 is 1.09 bits per heavy atom. The van der Waals surface area contributed by atoms with Gasteiger partial charge in [-0.15, -0.1) is 0 Å². The Hall–Kier alpha value is -2.37. The Bertz CT molecular complexity index is 623. The lowest BCUT2D eigenvalue weighted by Gasteiger charge is -2.15. The fourth-order valence-corrected chi connectivity index (χ4v) is 3.14. The van der Waals surface area contributed by atoms with Gasteiger partial charge in [-0.2, -0.15) is 0 Å². The van der Waals surface area contributed by atoms with Crippen LogP contribution in [0.2, 0.25) is 0 Å². The second-order valence-electron chi connectivity index (χ2n) is 5.82. The van der Waals surface area contributed by atoms with Crippen molar-refractivity contribution in [3.8, 4) is 0 Å². The number of anilines is 1. The van der Waals surface area contributed by atoms with Gasteiger partial charge in [0.2, 0.25) is 0 Å². The molecule has 1 unspecified atom stereocenters. The van der Waals surface area contributed by atoms with E-state index in [1.807, 2.05) is 18.2 Å². The van der Waals surface area contributed by atoms with E-state index in [0.717, 1.165) is 36.9 Å². The van der Waals surface area contributed by atoms with Crippen LogP contribution in [0.5, 0.6) is 0 Å². The molecule has 1 aromatic rings. The average molecular weight is 301 g/mol. The molecule has 2 aliphatic rings. The number of hydrogen-bond acceptors (Lipinski definition) is 3. The summed E-state index contributed by atoms with van der Waals surface area (Å²) >= 11 is 0. The summed E-state index contributed by atoms with van der Waals surface area (Å²) < 4.78 is 0. The summed E-state index contributed by atoms with van der Waals surface area (Å²) in [7, 11) is 1.66. The number of nitrogens with zero attached hydrogens (tertiary/aromatic N) is 1. The van der Waals surface area contributed by atoms with Crippen LogP contribution < -0.4 is 15.5 Å². The van der Waals surface area contributed by atoms with Crippen molar-refractivity contribution in [2.24, 2.45) is 0 Å². The van der Waals surface area contributed by atoms with Gasteiger partial charge in [-0.3, -0.25) is 14.4 Å². The lowest BCUT2D eigenvalue weighted by atomic mass is 10.1. The molecule has 1 aliphatic carbocycles. The quantitative estimate of drug-likeness (QED) is 0.796. The minimum absolute atomic E-state index is 0.0764. The van der Waals surface area contributed by atoms with Crippen molar-refractivity contribution in [3.05, 3.63) is 29.8 Å². The summed E-state index contributed by atoms with van der Waals surface area (Å²) in [5, 5.41) is 5.27. The van der Waals surface area contributed by atoms with Gasteiger partial charge in [0.15, 0.2) is 0 Å². The summed E-state index contributed by atoms with van der Waals surface area (Å²) in [6, 6.07) is 6.53. The van der Waals surface area contributed by atoms with Crippen molar-refractivity contribution >= 4 is 23.4 Å². The average Bonchev–Trinajstić information content (AvgIpc) is 3.10. The van der Waals surface area contributed by atoms with Crippen molar-refractivity contribution in [1.29, 1.82) is 0 Å². The van der Waals surface area contributed by atoms with E-state index in [1.54, 1.807) is 13.1 Å². The van der Waals surface area contributed by atoms with Gasteiger partial charge in [-0.25, -0.2) is 0 Å². The lowest BCUT2D eigenvalue weighted by molar-refractivity contribution is -0.140. The molecule has 3 rings (SSSR count). The van der Waals surface area contributed by atoms with Crippen molar-refractivity contribution in [3.63, 3.8) is 0 Å². The Morgan fingerprint density at radius 3 is 2.45 bits per heavy atom. The highest BCUT2D eigenvalue weighted by Gasteiger charge is 2.37. The Labute approximate surface area is 128 Å². The molecule has 116 valence electrons. The number of carbonyl (C=O) groups is 3. The molecule has 6 heteroatoms. The van der Waals surface area contributed by atoms with Gasteiger partial charge in [0, 0.05) is 24.3 Å². The van der Waals surface area contributed by atoms with Gasteiger partial charge < -0.3 is 15.5 Å². The highest BCUT2D eigenvalue weighted by molar-refractivity contribution is 6.35. The first-order valence-corrected chi connectivity index (χ1v) is 7.56. The second kappa shape index (κ2) is 5.79. The molecule has 0 spiro atoms. The van der Waals surface area contributed by atoms with Crippen LogP contribution in [0.25, 0.3) is 0 Å². The van der Waals surface area contributed by atoms with Gasteiger partial charge in [0.05, 0.1) is 0 Å². The van der Waals surface area contributed by atoms with Gasteiger partial charge in [0.1, 0.15) is 6.04 Å². The van der Waals surface area contributed by atoms with E-state index in [-0.39, 0.29) is 11.9 Å². The number of benzene rings is 1. The third-order valence-corrected chi connectivity index (χ3v) is 4.36. The van der Waals surface area contributed by atoms with Crippen LogP contribution in [-0.2, 0) is 14.4 Å². The van der Waals surface area contributed by atoms with Gasteiger partial charge in [-0.1, -0.05) is 31.0 Å². The number of carbonyl (C=O) groups excluding carboxylic acids is 3. The molecule has 1 aliphatic heterocycles. The number of nitrogens with one attached hydrogen (secondary N) is 2. The second-order valence-corrected chi connectivity index (χ2v) is 5.82. The highest BCUT2D eigenvalue weighted by Crippen LogP contribution is 2.34. The van der Waals surface area contributed by atoms with E-state index >= 15 is 0 Å². The first-order chi connectivity index (χ1) is 10.6. The maximum absolute atomic E-state index is 12.2. The van der Waals surface area contributed by atoms with Crippen LogP contribution in [0.1, 0.15) is 37.3 Å². The summed E-state index contributed by atoms with van der Waals surface area (Å²) in [4.78, 5) is 37.7. The fourth-order valence-electron chi connectivity index (χ4n) is 3.14. The summed E-state index contributed by atoms with van der Waals surface area (Å²) in [5.74, 6) is -1.65. The maximum Gasteiger partial charge on any atom is 0.310 e. The molecule has 1 atom stereocenters. The molecule has 1 saturated carbocycles. The third kappa shape index (κ3) is 2.56. The van der Waals surface area contributed by atoms with E-state index in [0.29, 0.717) is 0 Å². The van der Waals surface area contributed by atoms with Crippen LogP contribution in [0.4, 0.5) is 5.69 Å². The van der Waals surface area contributed by atoms with Crippen LogP contribution in [0.3, 0.4) is 0 Å². The van der Waals surface area contributed by atoms with Crippen LogP contribution in [0.15, 0.2) is 24.3 Å². The van der Waals surface area contributed by atoms with Crippen LogP contribution in [0, 0.1) is 0 Å². The minimum atomic E-state index is -0.789. The SMILES string of the molecule is CN1C(=O)C(NC(=O)C(=O)NC2CCCC2)c2ccccc21. The van der Waals surface area contributed by atoms with E-state index in [4.69, 9.17) is 0 Å². The number of fused-ring (bicyclic) bond motifs is 1. The molecule has 0 radical (unpaired) electrons. The predicted molar refractivity (Wildman–Crippen MR) is 81.1 cm³/mol. The van der Waals surface area contributed by atoms with Crippen molar-refractivity contribution in [2.75, 3.05) is 11.9 Å².